The number of rotatable bonds is 5. The molecule has 1 aliphatic heterocycles. The van der Waals surface area contributed by atoms with E-state index in [2.05, 4.69) is 9.97 Å². The largest absolute Gasteiger partial charge is 0.491 e. The summed E-state index contributed by atoms with van der Waals surface area (Å²) in [5.74, 6) is 2.50. The quantitative estimate of drug-likeness (QED) is 0.724. The van der Waals surface area contributed by atoms with Crippen LogP contribution in [0, 0.1) is 0 Å². The molecule has 4 rings (SSSR count). The van der Waals surface area contributed by atoms with Crippen LogP contribution in [0.3, 0.4) is 0 Å². The maximum Gasteiger partial charge on any atom is 0.181 e. The van der Waals surface area contributed by atoms with Crippen molar-refractivity contribution in [2.24, 2.45) is 7.05 Å². The van der Waals surface area contributed by atoms with Crippen LogP contribution in [0.4, 0.5) is 0 Å². The minimum atomic E-state index is 0.230. The highest BCUT2D eigenvalue weighted by molar-refractivity contribution is 5.51. The van der Waals surface area contributed by atoms with Crippen molar-refractivity contribution in [2.45, 2.75) is 18.9 Å². The molecule has 0 N–H and O–H groups in total. The Kier molecular flexibility index (Phi) is 4.04. The lowest BCUT2D eigenvalue weighted by Gasteiger charge is -2.12. The third-order valence-corrected chi connectivity index (χ3v) is 4.24. The summed E-state index contributed by atoms with van der Waals surface area (Å²) in [4.78, 5) is 8.82. The molecule has 1 aliphatic rings. The van der Waals surface area contributed by atoms with Gasteiger partial charge in [0.2, 0.25) is 0 Å². The van der Waals surface area contributed by atoms with Crippen LogP contribution < -0.4 is 4.74 Å². The van der Waals surface area contributed by atoms with Crippen LogP contribution in [0.1, 0.15) is 12.8 Å². The lowest BCUT2D eigenvalue weighted by atomic mass is 10.2. The second-order valence-corrected chi connectivity index (χ2v) is 5.92. The molecule has 1 unspecified atom stereocenters. The zero-order chi connectivity index (χ0) is 16.4. The van der Waals surface area contributed by atoms with Gasteiger partial charge in [0, 0.05) is 44.1 Å². The molecule has 3 heterocycles. The fraction of sp³-hybridized carbons (Fsp3) is 0.333. The average molecular weight is 324 g/mol. The number of aryl methyl sites for hydroxylation is 1. The molecule has 0 bridgehead atoms. The highest BCUT2D eigenvalue weighted by Gasteiger charge is 2.16. The Hall–Kier alpha value is -2.60. The van der Waals surface area contributed by atoms with Crippen LogP contribution in [-0.2, 0) is 11.8 Å². The van der Waals surface area contributed by atoms with Gasteiger partial charge in [-0.2, -0.15) is 0 Å². The van der Waals surface area contributed by atoms with Gasteiger partial charge in [-0.3, -0.25) is 4.57 Å². The second-order valence-electron chi connectivity index (χ2n) is 5.92. The predicted octanol–water partition coefficient (Wildman–Crippen LogP) is 2.83. The van der Waals surface area contributed by atoms with Crippen molar-refractivity contribution in [3.8, 4) is 23.1 Å². The third kappa shape index (κ3) is 2.92. The summed E-state index contributed by atoms with van der Waals surface area (Å²) < 4.78 is 15.4. The van der Waals surface area contributed by atoms with Gasteiger partial charge >= 0.3 is 0 Å². The van der Waals surface area contributed by atoms with E-state index >= 15 is 0 Å². The van der Waals surface area contributed by atoms with Gasteiger partial charge in [0.15, 0.2) is 11.6 Å². The van der Waals surface area contributed by atoms with Gasteiger partial charge in [0.25, 0.3) is 0 Å². The molecule has 1 fully saturated rings. The van der Waals surface area contributed by atoms with Crippen LogP contribution in [0.2, 0.25) is 0 Å². The number of imidazole rings is 2. The molecule has 0 aliphatic carbocycles. The van der Waals surface area contributed by atoms with Crippen molar-refractivity contribution in [1.29, 1.82) is 0 Å². The molecule has 2 aromatic heterocycles. The van der Waals surface area contributed by atoms with Crippen molar-refractivity contribution in [3.05, 3.63) is 49.1 Å². The third-order valence-electron chi connectivity index (χ3n) is 4.24. The molecule has 6 nitrogen and oxygen atoms in total. The summed E-state index contributed by atoms with van der Waals surface area (Å²) in [5, 5.41) is 0. The van der Waals surface area contributed by atoms with Crippen LogP contribution in [0.25, 0.3) is 17.3 Å². The maximum atomic E-state index is 5.82. The Balaban J connectivity index is 1.51. The number of nitrogens with zero attached hydrogens (tertiary/aromatic N) is 4. The van der Waals surface area contributed by atoms with E-state index < -0.39 is 0 Å². The number of aromatic nitrogens is 4. The topological polar surface area (TPSA) is 54.1 Å². The molecule has 0 spiro atoms. The van der Waals surface area contributed by atoms with Crippen molar-refractivity contribution >= 4 is 0 Å². The standard InChI is InChI=1S/C18H20N4O2/c1-21-10-8-19-17(21)18-20-9-11-22(18)14-4-6-15(7-5-14)24-13-16-3-2-12-23-16/h4-11,16H,2-3,12-13H2,1H3. The smallest absolute Gasteiger partial charge is 0.181 e. The molecule has 6 heteroatoms. The van der Waals surface area contributed by atoms with E-state index in [9.17, 15) is 0 Å². The normalized spacial score (nSPS) is 17.3. The first-order valence-electron chi connectivity index (χ1n) is 8.17. The zero-order valence-electron chi connectivity index (χ0n) is 13.6. The minimum absolute atomic E-state index is 0.230. The Morgan fingerprint density at radius 3 is 2.62 bits per heavy atom. The lowest BCUT2D eigenvalue weighted by molar-refractivity contribution is 0.0679. The van der Waals surface area contributed by atoms with Crippen molar-refractivity contribution in [2.75, 3.05) is 13.2 Å². The average Bonchev–Trinajstić information content (AvgIpc) is 3.35. The van der Waals surface area contributed by atoms with Gasteiger partial charge in [-0.1, -0.05) is 0 Å². The van der Waals surface area contributed by atoms with Gasteiger partial charge in [-0.05, 0) is 37.1 Å². The first-order valence-corrected chi connectivity index (χ1v) is 8.17. The van der Waals surface area contributed by atoms with E-state index in [1.807, 2.05) is 52.8 Å². The molecular weight excluding hydrogens is 304 g/mol. The summed E-state index contributed by atoms with van der Waals surface area (Å²) in [5.41, 5.74) is 1.02. The zero-order valence-corrected chi connectivity index (χ0v) is 13.6. The van der Waals surface area contributed by atoms with Crippen LogP contribution in [0.15, 0.2) is 49.1 Å². The van der Waals surface area contributed by atoms with Crippen LogP contribution in [-0.4, -0.2) is 38.4 Å². The van der Waals surface area contributed by atoms with Gasteiger partial charge in [0.05, 0.1) is 6.10 Å². The van der Waals surface area contributed by atoms with E-state index in [1.165, 1.54) is 0 Å². The first kappa shape index (κ1) is 15.0. The number of benzene rings is 1. The highest BCUT2D eigenvalue weighted by atomic mass is 16.5. The molecule has 1 atom stereocenters. The molecule has 24 heavy (non-hydrogen) atoms. The van der Waals surface area contributed by atoms with Crippen LogP contribution >= 0.6 is 0 Å². The monoisotopic (exact) mass is 324 g/mol. The van der Waals surface area contributed by atoms with Crippen molar-refractivity contribution in [3.63, 3.8) is 0 Å². The summed E-state index contributed by atoms with van der Waals surface area (Å²) in [6.07, 6.45) is 9.85. The molecule has 124 valence electrons. The minimum Gasteiger partial charge on any atom is -0.491 e. The molecule has 1 aromatic carbocycles. The van der Waals surface area contributed by atoms with Crippen molar-refractivity contribution < 1.29 is 9.47 Å². The van der Waals surface area contributed by atoms with Crippen LogP contribution in [0.5, 0.6) is 5.75 Å². The Labute approximate surface area is 140 Å². The summed E-state index contributed by atoms with van der Waals surface area (Å²) in [6, 6.07) is 8.01. The Morgan fingerprint density at radius 2 is 1.92 bits per heavy atom. The SMILES string of the molecule is Cn1ccnc1-c1nccn1-c1ccc(OCC2CCCO2)cc1. The molecule has 1 saturated heterocycles. The predicted molar refractivity (Wildman–Crippen MR) is 90.2 cm³/mol. The molecule has 0 amide bonds. The molecule has 3 aromatic rings. The summed E-state index contributed by atoms with van der Waals surface area (Å²) in [7, 11) is 1.96. The Morgan fingerprint density at radius 1 is 1.12 bits per heavy atom. The van der Waals surface area contributed by atoms with E-state index in [1.54, 1.807) is 12.4 Å². The van der Waals surface area contributed by atoms with Gasteiger partial charge in [0.1, 0.15) is 12.4 Å². The molecule has 0 radical (unpaired) electrons. The fourth-order valence-electron chi connectivity index (χ4n) is 2.93. The fourth-order valence-corrected chi connectivity index (χ4v) is 2.93. The van der Waals surface area contributed by atoms with E-state index in [-0.39, 0.29) is 6.10 Å². The van der Waals surface area contributed by atoms with E-state index in [4.69, 9.17) is 9.47 Å². The summed E-state index contributed by atoms with van der Waals surface area (Å²) in [6.45, 7) is 1.46. The lowest BCUT2D eigenvalue weighted by Crippen LogP contribution is -2.16. The van der Waals surface area contributed by atoms with E-state index in [0.29, 0.717) is 6.61 Å². The van der Waals surface area contributed by atoms with Gasteiger partial charge in [-0.25, -0.2) is 9.97 Å². The van der Waals surface area contributed by atoms with E-state index in [0.717, 1.165) is 42.5 Å². The number of hydrogen-bond acceptors (Lipinski definition) is 4. The van der Waals surface area contributed by atoms with Crippen molar-refractivity contribution in [1.82, 2.24) is 19.1 Å². The second kappa shape index (κ2) is 6.49. The van der Waals surface area contributed by atoms with Gasteiger partial charge in [-0.15, -0.1) is 0 Å². The number of ether oxygens (including phenoxy) is 2. The molecule has 0 saturated carbocycles. The van der Waals surface area contributed by atoms with Gasteiger partial charge < -0.3 is 14.0 Å². The maximum absolute atomic E-state index is 5.82. The summed E-state index contributed by atoms with van der Waals surface area (Å²) >= 11 is 0. The number of hydrogen-bond donors (Lipinski definition) is 0. The highest BCUT2D eigenvalue weighted by Crippen LogP contribution is 2.22. The molecular formula is C18H20N4O2. The first-order chi connectivity index (χ1) is 11.8. The Bertz CT molecular complexity index is 801.